The van der Waals surface area contributed by atoms with Crippen LogP contribution >= 0.6 is 11.6 Å². The smallest absolute Gasteiger partial charge is 0.409 e. The number of rotatable bonds is 18. The van der Waals surface area contributed by atoms with Gasteiger partial charge in [0.05, 0.1) is 52.1 Å². The minimum Gasteiger partial charge on any atom is -0.495 e. The summed E-state index contributed by atoms with van der Waals surface area (Å²) in [6.45, 7) is 14.9. The van der Waals surface area contributed by atoms with E-state index in [4.69, 9.17) is 49.5 Å². The number of esters is 2. The van der Waals surface area contributed by atoms with Crippen LogP contribution < -0.4 is 20.3 Å². The minimum atomic E-state index is -1.91. The summed E-state index contributed by atoms with van der Waals surface area (Å²) < 4.78 is 46.4. The molecule has 1 aromatic carbocycles. The molecule has 1 aromatic rings. The summed E-state index contributed by atoms with van der Waals surface area (Å²) >= 11 is 6.83. The summed E-state index contributed by atoms with van der Waals surface area (Å²) in [4.78, 5) is 85.5. The number of aliphatic hydroxyl groups is 1. The number of hydrogen-bond donors (Lipinski definition) is 3. The molecule has 6 rings (SSSR count). The van der Waals surface area contributed by atoms with Gasteiger partial charge in [-0.25, -0.2) is 9.59 Å². The van der Waals surface area contributed by atoms with Crippen LogP contribution in [0.1, 0.15) is 105 Å². The molecule has 1 unspecified atom stereocenters. The van der Waals surface area contributed by atoms with Crippen LogP contribution in [0.3, 0.4) is 0 Å². The number of ether oxygens (including phenoxy) is 8. The lowest BCUT2D eigenvalue weighted by Gasteiger charge is -2.59. The van der Waals surface area contributed by atoms with E-state index >= 15 is 0 Å². The lowest BCUT2D eigenvalue weighted by Crippen LogP contribution is -2.72. The second-order valence-corrected chi connectivity index (χ2v) is 21.2. The van der Waals surface area contributed by atoms with Gasteiger partial charge in [-0.15, -0.1) is 0 Å². The highest BCUT2D eigenvalue weighted by Gasteiger charge is 2.63. The minimum absolute atomic E-state index is 0.0500. The number of allylic oxidation sites excluding steroid dienone is 3. The van der Waals surface area contributed by atoms with Crippen molar-refractivity contribution in [2.45, 2.75) is 159 Å². The second-order valence-electron chi connectivity index (χ2n) is 20.8. The molecular formula is C52H78ClN5O15. The average molecular weight is 1050 g/mol. The molecule has 6 bridgehead atoms. The molecule has 408 valence electrons. The Labute approximate surface area is 434 Å². The van der Waals surface area contributed by atoms with Crippen molar-refractivity contribution in [1.82, 2.24) is 20.4 Å². The van der Waals surface area contributed by atoms with Gasteiger partial charge in [0.2, 0.25) is 17.7 Å². The maximum absolute atomic E-state index is 14.4. The van der Waals surface area contributed by atoms with E-state index < -0.39 is 77.2 Å². The van der Waals surface area contributed by atoms with Crippen LogP contribution in [0.25, 0.3) is 0 Å². The van der Waals surface area contributed by atoms with Crippen molar-refractivity contribution in [3.63, 3.8) is 0 Å². The number of halogens is 1. The molecule has 7 atom stereocenters. The number of carbonyl (C=O) groups is 6. The Bertz CT molecular complexity index is 2190. The molecule has 5 heterocycles. The standard InChI is InChI=1S/C52H78ClN5O15/c1-33-13-12-14-39(67-11)52(65)31-41(71-48(64)55-52)51(7)32-50(6,73-51)40(30-44(61)57(9)37-28-35(27-33)29-38(66-10)46(37)53)70-47(63)34(2)56(8)42(59)15-16-43(60)58(36-17-20-54-21-18-36)22-24-69-26-25-68-23-19-45(62)72-49(3,4)5/h12-14,28-29,34,36,39-41,54,65H,15-27,30-32H2,1-11H3,(H,55,64)/b14-12+,33-13+/t34-,39+,40-,41-,50+,51?,52-/m0/s1. The first-order chi connectivity index (χ1) is 34.3. The molecular weight excluding hydrogens is 970 g/mol. The van der Waals surface area contributed by atoms with Crippen LogP contribution in [-0.4, -0.2) is 178 Å². The highest BCUT2D eigenvalue weighted by Crippen LogP contribution is 2.50. The Kier molecular flexibility index (Phi) is 20.7. The Morgan fingerprint density at radius 2 is 1.64 bits per heavy atom. The van der Waals surface area contributed by atoms with E-state index in [9.17, 15) is 33.9 Å². The van der Waals surface area contributed by atoms with E-state index in [-0.39, 0.29) is 81.5 Å². The van der Waals surface area contributed by atoms with Crippen LogP contribution in [0.2, 0.25) is 5.02 Å². The van der Waals surface area contributed by atoms with Gasteiger partial charge in [-0.1, -0.05) is 35.4 Å². The number of likely N-dealkylation sites (N-methyl/N-ethyl adjacent to an activating group) is 1. The number of nitrogens with one attached hydrogen (secondary N) is 2. The molecule has 3 saturated heterocycles. The van der Waals surface area contributed by atoms with E-state index in [0.717, 1.165) is 37.1 Å². The van der Waals surface area contributed by atoms with Crippen molar-refractivity contribution in [2.75, 3.05) is 79.3 Å². The summed E-state index contributed by atoms with van der Waals surface area (Å²) in [6.07, 6.45) is 2.35. The molecule has 0 saturated carbocycles. The molecule has 0 spiro atoms. The number of anilines is 1. The Hall–Kier alpha value is -4.83. The van der Waals surface area contributed by atoms with E-state index in [0.29, 0.717) is 24.4 Å². The second kappa shape index (κ2) is 25.6. The topological polar surface area (TPSA) is 230 Å². The van der Waals surface area contributed by atoms with Crippen LogP contribution in [0.5, 0.6) is 5.75 Å². The molecule has 20 nitrogen and oxygen atoms in total. The SMILES string of the molecule is COc1cc2cc(c1Cl)N(C)C(=O)C[C@H](OC(=O)[C@H](C)N(C)C(=O)CCC(=O)N(CCOCCOCCC(=O)OC(C)(C)C)C1CCNCC1)[C@@]1(C)CC(C)(O1)[C@@H]1C[C@@](O)(NC(=O)O1)[C@H](OC)/C=C/C=C(\C)C2. The quantitative estimate of drug-likeness (QED) is 0.102. The Balaban J connectivity index is 1.28. The van der Waals surface area contributed by atoms with Crippen molar-refractivity contribution < 1.29 is 71.8 Å². The van der Waals surface area contributed by atoms with Crippen molar-refractivity contribution in [3.05, 3.63) is 46.5 Å². The molecule has 5 aliphatic rings. The zero-order valence-corrected chi connectivity index (χ0v) is 45.2. The van der Waals surface area contributed by atoms with Gasteiger partial charge in [0, 0.05) is 59.5 Å². The summed E-state index contributed by atoms with van der Waals surface area (Å²) in [5, 5.41) is 17.9. The Morgan fingerprint density at radius 3 is 2.29 bits per heavy atom. The molecule has 0 radical (unpaired) electrons. The van der Waals surface area contributed by atoms with Crippen LogP contribution in [-0.2, 0) is 63.6 Å². The lowest BCUT2D eigenvalue weighted by atomic mass is 9.72. The molecule has 5 aliphatic heterocycles. The van der Waals surface area contributed by atoms with Crippen LogP contribution in [0, 0.1) is 0 Å². The molecule has 21 heteroatoms. The lowest BCUT2D eigenvalue weighted by molar-refractivity contribution is -0.328. The fourth-order valence-electron chi connectivity index (χ4n) is 9.71. The number of amides is 4. The number of fused-ring (bicyclic) bond motifs is 6. The summed E-state index contributed by atoms with van der Waals surface area (Å²) in [6, 6.07) is 2.34. The van der Waals surface area contributed by atoms with Crippen LogP contribution in [0.4, 0.5) is 10.5 Å². The first kappa shape index (κ1) is 59.1. The zero-order chi connectivity index (χ0) is 53.9. The number of nitrogens with zero attached hydrogens (tertiary/aromatic N) is 3. The van der Waals surface area contributed by atoms with E-state index in [2.05, 4.69) is 10.6 Å². The third kappa shape index (κ3) is 15.8. The predicted octanol–water partition coefficient (Wildman–Crippen LogP) is 4.78. The largest absolute Gasteiger partial charge is 0.495 e. The first-order valence-electron chi connectivity index (χ1n) is 25.1. The van der Waals surface area contributed by atoms with Gasteiger partial charge < -0.3 is 63.0 Å². The number of benzene rings is 1. The predicted molar refractivity (Wildman–Crippen MR) is 270 cm³/mol. The van der Waals surface area contributed by atoms with Crippen molar-refractivity contribution in [1.29, 1.82) is 0 Å². The summed E-state index contributed by atoms with van der Waals surface area (Å²) in [7, 11) is 5.89. The number of hydrogen-bond acceptors (Lipinski definition) is 16. The summed E-state index contributed by atoms with van der Waals surface area (Å²) in [5.41, 5.74) is -3.01. The molecule has 3 fully saturated rings. The molecule has 73 heavy (non-hydrogen) atoms. The normalized spacial score (nSPS) is 27.5. The number of piperidine rings is 1. The fourth-order valence-corrected chi connectivity index (χ4v) is 10.0. The van der Waals surface area contributed by atoms with Crippen LogP contribution in [0.15, 0.2) is 35.9 Å². The van der Waals surface area contributed by atoms with Crippen molar-refractivity contribution >= 4 is 53.0 Å². The van der Waals surface area contributed by atoms with Gasteiger partial charge in [-0.05, 0) is 98.5 Å². The average Bonchev–Trinajstić information content (AvgIpc) is 3.31. The van der Waals surface area contributed by atoms with Gasteiger partial charge in [-0.2, -0.15) is 0 Å². The highest BCUT2D eigenvalue weighted by molar-refractivity contribution is 6.35. The Morgan fingerprint density at radius 1 is 0.986 bits per heavy atom. The molecule has 0 aromatic heterocycles. The maximum Gasteiger partial charge on any atom is 0.409 e. The van der Waals surface area contributed by atoms with Crippen molar-refractivity contribution in [3.8, 4) is 5.75 Å². The van der Waals surface area contributed by atoms with Gasteiger partial charge in [-0.3, -0.25) is 24.5 Å². The number of alkyl carbamates (subject to hydrolysis) is 1. The maximum atomic E-state index is 14.4. The third-order valence-electron chi connectivity index (χ3n) is 13.8. The summed E-state index contributed by atoms with van der Waals surface area (Å²) in [5.74, 6) is -2.03. The number of carbonyl (C=O) groups excluding carboxylic acids is 6. The molecule has 0 aliphatic carbocycles. The third-order valence-corrected chi connectivity index (χ3v) is 14.2. The van der Waals surface area contributed by atoms with Gasteiger partial charge in [0.25, 0.3) is 0 Å². The van der Waals surface area contributed by atoms with Gasteiger partial charge >= 0.3 is 18.0 Å². The van der Waals surface area contributed by atoms with E-state index in [1.165, 1.54) is 38.0 Å². The fraction of sp³-hybridized carbons (Fsp3) is 0.692. The van der Waals surface area contributed by atoms with Gasteiger partial charge in [0.1, 0.15) is 51.9 Å². The highest BCUT2D eigenvalue weighted by atomic mass is 35.5. The van der Waals surface area contributed by atoms with Crippen molar-refractivity contribution in [2.24, 2.45) is 0 Å². The van der Waals surface area contributed by atoms with Gasteiger partial charge in [0.15, 0.2) is 5.72 Å². The first-order valence-corrected chi connectivity index (χ1v) is 25.4. The van der Waals surface area contributed by atoms with E-state index in [1.807, 2.05) is 13.0 Å². The monoisotopic (exact) mass is 1050 g/mol. The zero-order valence-electron chi connectivity index (χ0n) is 44.5. The molecule has 3 N–H and O–H groups in total. The number of methoxy groups -OCH3 is 2. The molecule has 4 amide bonds. The van der Waals surface area contributed by atoms with E-state index in [1.54, 1.807) is 70.9 Å².